The van der Waals surface area contributed by atoms with E-state index in [2.05, 4.69) is 83.1 Å². The van der Waals surface area contributed by atoms with Gasteiger partial charge in [0.05, 0.1) is 0 Å². The summed E-state index contributed by atoms with van der Waals surface area (Å²) >= 11 is 0. The van der Waals surface area contributed by atoms with Crippen LogP contribution in [0.2, 0.25) is 0 Å². The summed E-state index contributed by atoms with van der Waals surface area (Å²) in [5.41, 5.74) is 1.24. The summed E-state index contributed by atoms with van der Waals surface area (Å²) < 4.78 is 7.92. The van der Waals surface area contributed by atoms with E-state index in [9.17, 15) is 0 Å². The van der Waals surface area contributed by atoms with Gasteiger partial charge >= 0.3 is 12.7 Å². The van der Waals surface area contributed by atoms with Crippen molar-refractivity contribution >= 4 is 0 Å². The fraction of sp³-hybridized carbons (Fsp3) is 0.615. The summed E-state index contributed by atoms with van der Waals surface area (Å²) in [6, 6.07) is 8.18. The molecule has 182 valence electrons. The maximum Gasteiger partial charge on any atom is 0.458 e. The van der Waals surface area contributed by atoms with Gasteiger partial charge < -0.3 is 0 Å². The lowest BCUT2D eigenvalue weighted by Gasteiger charge is -2.13. The highest BCUT2D eigenvalue weighted by atomic mass is 15.5. The van der Waals surface area contributed by atoms with Crippen molar-refractivity contribution in [3.8, 4) is 22.8 Å². The number of rotatable bonds is 2. The van der Waals surface area contributed by atoms with Gasteiger partial charge in [0.15, 0.2) is 22.2 Å². The first-order chi connectivity index (χ1) is 15.4. The van der Waals surface area contributed by atoms with Crippen molar-refractivity contribution in [2.75, 3.05) is 0 Å². The Balaban J connectivity index is 2.10. The van der Waals surface area contributed by atoms with Gasteiger partial charge in [0.1, 0.15) is 0 Å². The fourth-order valence-corrected chi connectivity index (χ4v) is 3.05. The van der Waals surface area contributed by atoms with Gasteiger partial charge in [0.25, 0.3) is 11.6 Å². The highest BCUT2D eigenvalue weighted by Crippen LogP contribution is 2.20. The Hall–Kier alpha value is -2.90. The Morgan fingerprint density at radius 3 is 0.794 bits per heavy atom. The molecule has 0 saturated heterocycles. The molecule has 34 heavy (non-hydrogen) atoms. The molecule has 0 bridgehead atoms. The van der Waals surface area contributed by atoms with E-state index < -0.39 is 0 Å². The van der Waals surface area contributed by atoms with Crippen LogP contribution in [0, 0.1) is 0 Å². The van der Waals surface area contributed by atoms with Crippen LogP contribution in [-0.4, -0.2) is 20.4 Å². The van der Waals surface area contributed by atoms with Crippen molar-refractivity contribution in [2.24, 2.45) is 0 Å². The van der Waals surface area contributed by atoms with Crippen LogP contribution in [0.1, 0.15) is 83.1 Å². The molecule has 0 radical (unpaired) electrons. The Bertz CT molecular complexity index is 1010. The zero-order valence-electron chi connectivity index (χ0n) is 23.0. The summed E-state index contributed by atoms with van der Waals surface area (Å²) in [7, 11) is 0. The Morgan fingerprint density at radius 1 is 0.412 bits per heavy atom. The average molecular weight is 467 g/mol. The van der Waals surface area contributed by atoms with Gasteiger partial charge in [-0.2, -0.15) is 0 Å². The molecule has 0 unspecified atom stereocenters. The summed E-state index contributed by atoms with van der Waals surface area (Å²) in [6.45, 7) is 25.7. The van der Waals surface area contributed by atoms with Crippen LogP contribution in [0.15, 0.2) is 36.9 Å². The van der Waals surface area contributed by atoms with Crippen molar-refractivity contribution < 1.29 is 18.7 Å². The van der Waals surface area contributed by atoms with Gasteiger partial charge in [-0.05, 0) is 43.0 Å². The fourth-order valence-electron chi connectivity index (χ4n) is 3.05. The van der Waals surface area contributed by atoms with E-state index in [1.165, 1.54) is 0 Å². The lowest BCUT2D eigenvalue weighted by Crippen LogP contribution is -2.65. The first-order valence-electron chi connectivity index (χ1n) is 11.9. The van der Waals surface area contributed by atoms with Crippen LogP contribution >= 0.6 is 0 Å². The third-order valence-electron chi connectivity index (χ3n) is 5.40. The SMILES string of the molecule is CC(C)(C)[n+]1c[n+](C(C)(C)C)nc(-c2ccc(-c3n[n+](C(C)(C)C)c[n+](C(C)(C)C)n3)cc2)n1. The molecule has 0 saturated carbocycles. The summed E-state index contributed by atoms with van der Waals surface area (Å²) in [5, 5.41) is 19.3. The van der Waals surface area contributed by atoms with Crippen LogP contribution in [-0.2, 0) is 22.2 Å². The quantitative estimate of drug-likeness (QED) is 0.545. The number of benzene rings is 1. The molecule has 0 aliphatic rings. The molecule has 0 atom stereocenters. The van der Waals surface area contributed by atoms with E-state index >= 15 is 0 Å². The van der Waals surface area contributed by atoms with Crippen LogP contribution in [0.3, 0.4) is 0 Å². The van der Waals surface area contributed by atoms with E-state index in [0.717, 1.165) is 11.1 Å². The predicted molar refractivity (Wildman–Crippen MR) is 129 cm³/mol. The molecule has 0 spiro atoms. The van der Waals surface area contributed by atoms with Gasteiger partial charge in [-0.3, -0.25) is 0 Å². The molecule has 8 heteroatoms. The van der Waals surface area contributed by atoms with Crippen molar-refractivity contribution in [1.29, 1.82) is 0 Å². The minimum absolute atomic E-state index is 0.163. The normalized spacial score (nSPS) is 13.3. The molecule has 0 N–H and O–H groups in total. The van der Waals surface area contributed by atoms with Gasteiger partial charge in [-0.25, -0.2) is 0 Å². The van der Waals surface area contributed by atoms with Crippen LogP contribution in [0.4, 0.5) is 0 Å². The number of hydrogen-bond donors (Lipinski definition) is 0. The van der Waals surface area contributed by atoms with Gasteiger partial charge in [-0.1, -0.05) is 0 Å². The van der Waals surface area contributed by atoms with Gasteiger partial charge in [-0.15, -0.1) is 0 Å². The monoisotopic (exact) mass is 466 g/mol. The molecule has 0 aliphatic carbocycles. The zero-order valence-corrected chi connectivity index (χ0v) is 23.0. The van der Waals surface area contributed by atoms with Crippen LogP contribution < -0.4 is 18.7 Å². The maximum atomic E-state index is 4.83. The molecule has 2 aromatic heterocycles. The van der Waals surface area contributed by atoms with E-state index in [4.69, 9.17) is 20.4 Å². The number of nitrogens with zero attached hydrogens (tertiary/aromatic N) is 8. The van der Waals surface area contributed by atoms with Gasteiger partial charge in [0.2, 0.25) is 0 Å². The number of aromatic nitrogens is 8. The molecular weight excluding hydrogens is 424 g/mol. The minimum Gasteiger partial charge on any atom is -0.0500 e. The molecule has 3 rings (SSSR count). The second kappa shape index (κ2) is 8.40. The second-order valence-electron chi connectivity index (χ2n) is 12.9. The molecule has 3 aromatic rings. The lowest BCUT2D eigenvalue weighted by molar-refractivity contribution is -0.926. The molecule has 1 aromatic carbocycles. The average Bonchev–Trinajstić information content (AvgIpc) is 2.70. The molecule has 8 nitrogen and oxygen atoms in total. The molecule has 0 fully saturated rings. The third kappa shape index (κ3) is 5.77. The van der Waals surface area contributed by atoms with Gasteiger partial charge in [0, 0.05) is 115 Å². The molecule has 2 heterocycles. The van der Waals surface area contributed by atoms with Crippen LogP contribution in [0.5, 0.6) is 0 Å². The summed E-state index contributed by atoms with van der Waals surface area (Å²) in [6.07, 6.45) is 3.96. The standard InChI is InChI=1S/C26H42N8/c1-23(2,3)31-17-32(24(4,5)6)28-21(27-31)19-13-15-20(16-14-19)22-29-33(25(7,8)9)18-34(30-22)26(10,11)12/h13-18H,1-12H3/q+4. The van der Waals surface area contributed by atoms with Crippen LogP contribution in [0.25, 0.3) is 22.8 Å². The van der Waals surface area contributed by atoms with Crippen molar-refractivity contribution in [3.63, 3.8) is 0 Å². The first-order valence-corrected chi connectivity index (χ1v) is 11.9. The summed E-state index contributed by atoms with van der Waals surface area (Å²) in [4.78, 5) is 0. The molecular formula is C26H42N8+4. The van der Waals surface area contributed by atoms with E-state index in [-0.39, 0.29) is 22.2 Å². The smallest absolute Gasteiger partial charge is 0.0500 e. The topological polar surface area (TPSA) is 67.1 Å². The predicted octanol–water partition coefficient (Wildman–Crippen LogP) is 2.77. The highest BCUT2D eigenvalue weighted by molar-refractivity contribution is 5.61. The Labute approximate surface area is 204 Å². The zero-order chi connectivity index (χ0) is 25.7. The lowest BCUT2D eigenvalue weighted by atomic mass is 10.1. The largest absolute Gasteiger partial charge is 0.458 e. The summed E-state index contributed by atoms with van der Waals surface area (Å²) in [5.74, 6) is 1.37. The Kier molecular flexibility index (Phi) is 6.35. The second-order valence-corrected chi connectivity index (χ2v) is 12.9. The van der Waals surface area contributed by atoms with E-state index in [1.807, 2.05) is 55.6 Å². The highest BCUT2D eigenvalue weighted by Gasteiger charge is 2.37. The van der Waals surface area contributed by atoms with Crippen molar-refractivity contribution in [1.82, 2.24) is 20.4 Å². The molecule has 0 aliphatic heterocycles. The number of hydrogen-bond acceptors (Lipinski definition) is 4. The first kappa shape index (κ1) is 25.7. The Morgan fingerprint density at radius 2 is 0.618 bits per heavy atom. The van der Waals surface area contributed by atoms with Crippen molar-refractivity contribution in [3.05, 3.63) is 36.9 Å². The van der Waals surface area contributed by atoms with E-state index in [0.29, 0.717) is 11.6 Å². The maximum absolute atomic E-state index is 4.83. The third-order valence-corrected chi connectivity index (χ3v) is 5.40. The van der Waals surface area contributed by atoms with E-state index in [1.54, 1.807) is 0 Å². The minimum atomic E-state index is -0.163. The van der Waals surface area contributed by atoms with Crippen molar-refractivity contribution in [2.45, 2.75) is 105 Å². The molecule has 0 amide bonds.